The van der Waals surface area contributed by atoms with E-state index in [1.807, 2.05) is 0 Å². The Bertz CT molecular complexity index is 300. The molecule has 0 radical (unpaired) electrons. The Balaban J connectivity index is 4.27. The number of methoxy groups -OCH3 is 1. The zero-order valence-corrected chi connectivity index (χ0v) is 11.8. The Morgan fingerprint density at radius 3 is 2.22 bits per heavy atom. The highest BCUT2D eigenvalue weighted by molar-refractivity contribution is 5.79. The number of carboxylic acid groups (broad SMARTS) is 1. The fourth-order valence-corrected chi connectivity index (χ4v) is 1.14. The molecule has 1 amide bonds. The maximum atomic E-state index is 11.5. The van der Waals surface area contributed by atoms with Crippen LogP contribution in [0.1, 0.15) is 27.7 Å². The van der Waals surface area contributed by atoms with Crippen LogP contribution in [0.3, 0.4) is 0 Å². The van der Waals surface area contributed by atoms with Crippen molar-refractivity contribution in [3.63, 3.8) is 0 Å². The van der Waals surface area contributed by atoms with Crippen molar-refractivity contribution in [2.75, 3.05) is 26.8 Å². The fourth-order valence-electron chi connectivity index (χ4n) is 1.14. The third-order valence-electron chi connectivity index (χ3n) is 3.42. The van der Waals surface area contributed by atoms with Gasteiger partial charge in [-0.1, -0.05) is 0 Å². The van der Waals surface area contributed by atoms with Crippen molar-refractivity contribution in [2.45, 2.75) is 33.2 Å². The fraction of sp³-hybridized carbons (Fsp3) is 0.833. The molecule has 0 aromatic carbocycles. The van der Waals surface area contributed by atoms with Gasteiger partial charge in [0.1, 0.15) is 0 Å². The standard InChI is InChI=1S/C12H24N2O4/c1-11(2,10(16)17)12(3,4)14-8-9(15)13-6-7-18-5/h14H,6-8H2,1-5H3,(H,13,15)(H,16,17). The first-order valence-electron chi connectivity index (χ1n) is 5.89. The number of carbonyl (C=O) groups excluding carboxylic acids is 1. The van der Waals surface area contributed by atoms with E-state index in [-0.39, 0.29) is 12.5 Å². The third kappa shape index (κ3) is 4.62. The summed E-state index contributed by atoms with van der Waals surface area (Å²) in [5.74, 6) is -1.08. The normalized spacial score (nSPS) is 12.3. The Hall–Kier alpha value is -1.14. The molecule has 0 aliphatic rings. The highest BCUT2D eigenvalue weighted by Crippen LogP contribution is 2.30. The lowest BCUT2D eigenvalue weighted by atomic mass is 9.74. The highest BCUT2D eigenvalue weighted by Gasteiger charge is 2.43. The summed E-state index contributed by atoms with van der Waals surface area (Å²) < 4.78 is 4.81. The molecule has 0 aliphatic heterocycles. The Labute approximate surface area is 108 Å². The van der Waals surface area contributed by atoms with Crippen LogP contribution in [0.15, 0.2) is 0 Å². The summed E-state index contributed by atoms with van der Waals surface area (Å²) in [6.07, 6.45) is 0. The number of hydrogen-bond donors (Lipinski definition) is 3. The maximum absolute atomic E-state index is 11.5. The SMILES string of the molecule is COCCNC(=O)CNC(C)(C)C(C)(C)C(=O)O. The number of rotatable bonds is 8. The molecule has 0 spiro atoms. The summed E-state index contributed by atoms with van der Waals surface area (Å²) in [7, 11) is 1.56. The number of amides is 1. The van der Waals surface area contributed by atoms with Gasteiger partial charge in [0, 0.05) is 19.2 Å². The van der Waals surface area contributed by atoms with Crippen LogP contribution in [0.5, 0.6) is 0 Å². The van der Waals surface area contributed by atoms with Crippen LogP contribution in [0.2, 0.25) is 0 Å². The van der Waals surface area contributed by atoms with Gasteiger partial charge < -0.3 is 20.5 Å². The van der Waals surface area contributed by atoms with Gasteiger partial charge in [-0.15, -0.1) is 0 Å². The molecule has 106 valence electrons. The van der Waals surface area contributed by atoms with Crippen LogP contribution in [-0.4, -0.2) is 49.3 Å². The quantitative estimate of drug-likeness (QED) is 0.544. The number of aliphatic carboxylic acids is 1. The minimum absolute atomic E-state index is 0.0768. The molecule has 0 fully saturated rings. The average molecular weight is 260 g/mol. The Kier molecular flexibility index (Phi) is 6.28. The zero-order chi connectivity index (χ0) is 14.4. The van der Waals surface area contributed by atoms with Crippen molar-refractivity contribution in [3.05, 3.63) is 0 Å². The summed E-state index contributed by atoms with van der Waals surface area (Å²) >= 11 is 0. The van der Waals surface area contributed by atoms with Gasteiger partial charge in [0.2, 0.25) is 5.91 Å². The third-order valence-corrected chi connectivity index (χ3v) is 3.42. The first kappa shape index (κ1) is 16.9. The predicted molar refractivity (Wildman–Crippen MR) is 68.4 cm³/mol. The van der Waals surface area contributed by atoms with E-state index in [0.29, 0.717) is 13.2 Å². The Morgan fingerprint density at radius 2 is 1.78 bits per heavy atom. The molecule has 18 heavy (non-hydrogen) atoms. The molecule has 3 N–H and O–H groups in total. The first-order valence-corrected chi connectivity index (χ1v) is 5.89. The number of hydrogen-bond acceptors (Lipinski definition) is 4. The minimum atomic E-state index is -0.972. The second-order valence-corrected chi connectivity index (χ2v) is 5.25. The summed E-state index contributed by atoms with van der Waals surface area (Å²) in [5, 5.41) is 14.8. The highest BCUT2D eigenvalue weighted by atomic mass is 16.5. The van der Waals surface area contributed by atoms with Gasteiger partial charge in [-0.3, -0.25) is 9.59 Å². The van der Waals surface area contributed by atoms with Crippen molar-refractivity contribution in [3.8, 4) is 0 Å². The lowest BCUT2D eigenvalue weighted by Gasteiger charge is -2.38. The van der Waals surface area contributed by atoms with Gasteiger partial charge in [0.15, 0.2) is 0 Å². The van der Waals surface area contributed by atoms with Crippen LogP contribution >= 0.6 is 0 Å². The van der Waals surface area contributed by atoms with Crippen LogP contribution in [0.25, 0.3) is 0 Å². The second kappa shape index (κ2) is 6.70. The van der Waals surface area contributed by atoms with Crippen LogP contribution in [-0.2, 0) is 14.3 Å². The summed E-state index contributed by atoms with van der Waals surface area (Å²) in [6.45, 7) is 7.77. The molecule has 0 saturated heterocycles. The van der Waals surface area contributed by atoms with Gasteiger partial charge in [0.05, 0.1) is 18.6 Å². The van der Waals surface area contributed by atoms with Crippen molar-refractivity contribution < 1.29 is 19.4 Å². The monoisotopic (exact) mass is 260 g/mol. The van der Waals surface area contributed by atoms with E-state index in [1.54, 1.807) is 34.8 Å². The van der Waals surface area contributed by atoms with Crippen molar-refractivity contribution in [1.29, 1.82) is 0 Å². The van der Waals surface area contributed by atoms with Gasteiger partial charge in [0.25, 0.3) is 0 Å². The average Bonchev–Trinajstić information content (AvgIpc) is 2.26. The number of ether oxygens (including phenoxy) is 1. The molecule has 6 heteroatoms. The number of carboxylic acids is 1. The molecule has 0 aromatic heterocycles. The van der Waals surface area contributed by atoms with Crippen LogP contribution < -0.4 is 10.6 Å². The van der Waals surface area contributed by atoms with Gasteiger partial charge >= 0.3 is 5.97 Å². The molecule has 0 bridgehead atoms. The lowest BCUT2D eigenvalue weighted by molar-refractivity contribution is -0.151. The number of carbonyl (C=O) groups is 2. The molecule has 0 aromatic rings. The summed E-state index contributed by atoms with van der Waals surface area (Å²) in [6, 6.07) is 0. The molecular formula is C12H24N2O4. The van der Waals surface area contributed by atoms with E-state index >= 15 is 0 Å². The van der Waals surface area contributed by atoms with E-state index in [2.05, 4.69) is 10.6 Å². The smallest absolute Gasteiger partial charge is 0.310 e. The first-order chi connectivity index (χ1) is 8.15. The summed E-state index contributed by atoms with van der Waals surface area (Å²) in [5.41, 5.74) is -1.67. The predicted octanol–water partition coefficient (Wildman–Crippen LogP) is 0.228. The van der Waals surface area contributed by atoms with Crippen molar-refractivity contribution >= 4 is 11.9 Å². The van der Waals surface area contributed by atoms with E-state index in [0.717, 1.165) is 0 Å². The van der Waals surface area contributed by atoms with E-state index in [9.17, 15) is 9.59 Å². The van der Waals surface area contributed by atoms with E-state index in [1.165, 1.54) is 0 Å². The van der Waals surface area contributed by atoms with Crippen molar-refractivity contribution in [1.82, 2.24) is 10.6 Å². The molecule has 0 saturated carbocycles. The molecule has 0 aliphatic carbocycles. The topological polar surface area (TPSA) is 87.7 Å². The van der Waals surface area contributed by atoms with E-state index in [4.69, 9.17) is 9.84 Å². The van der Waals surface area contributed by atoms with E-state index < -0.39 is 16.9 Å². The van der Waals surface area contributed by atoms with Crippen molar-refractivity contribution in [2.24, 2.45) is 5.41 Å². The molecule has 0 unspecified atom stereocenters. The summed E-state index contributed by atoms with van der Waals surface area (Å²) in [4.78, 5) is 22.7. The molecular weight excluding hydrogens is 236 g/mol. The molecule has 0 rings (SSSR count). The zero-order valence-electron chi connectivity index (χ0n) is 11.8. The Morgan fingerprint density at radius 1 is 1.22 bits per heavy atom. The van der Waals surface area contributed by atoms with Crippen LogP contribution in [0.4, 0.5) is 0 Å². The lowest BCUT2D eigenvalue weighted by Crippen LogP contribution is -2.57. The largest absolute Gasteiger partial charge is 0.481 e. The van der Waals surface area contributed by atoms with Gasteiger partial charge in [-0.05, 0) is 27.7 Å². The molecule has 6 nitrogen and oxygen atoms in total. The molecule has 0 heterocycles. The molecule has 0 atom stereocenters. The van der Waals surface area contributed by atoms with Crippen LogP contribution in [0, 0.1) is 5.41 Å². The maximum Gasteiger partial charge on any atom is 0.310 e. The van der Waals surface area contributed by atoms with Gasteiger partial charge in [-0.2, -0.15) is 0 Å². The number of nitrogens with one attached hydrogen (secondary N) is 2. The minimum Gasteiger partial charge on any atom is -0.481 e. The van der Waals surface area contributed by atoms with Gasteiger partial charge in [-0.25, -0.2) is 0 Å². The second-order valence-electron chi connectivity index (χ2n) is 5.25.